The summed E-state index contributed by atoms with van der Waals surface area (Å²) in [6.45, 7) is 3.40. The van der Waals surface area contributed by atoms with Crippen molar-refractivity contribution in [1.82, 2.24) is 14.2 Å². The number of oxazole rings is 1. The second-order valence-corrected chi connectivity index (χ2v) is 9.19. The molecule has 8 heteroatoms. The maximum Gasteiger partial charge on any atom is 0.246 e. The number of nitrogens with zero attached hydrogens (tertiary/aromatic N) is 3. The molecule has 156 valence electrons. The third kappa shape index (κ3) is 4.29. The molecular formula is C22H23N3O4S. The van der Waals surface area contributed by atoms with Gasteiger partial charge in [-0.05, 0) is 37.6 Å². The number of amides is 1. The highest BCUT2D eigenvalue weighted by atomic mass is 32.2. The minimum absolute atomic E-state index is 0.188. The SMILES string of the molecule is Cc1ccc(S(=O)(=O)N2CCCN(C(=O)/C=C/c3nc4ccccc4o3)CC2)cc1. The molecule has 0 saturated carbocycles. The van der Waals surface area contributed by atoms with Crippen molar-refractivity contribution in [2.24, 2.45) is 0 Å². The second kappa shape index (κ2) is 8.41. The number of rotatable bonds is 4. The predicted octanol–water partition coefficient (Wildman–Crippen LogP) is 3.07. The van der Waals surface area contributed by atoms with Crippen LogP contribution in [0.25, 0.3) is 17.2 Å². The Morgan fingerprint density at radius 2 is 1.80 bits per heavy atom. The van der Waals surface area contributed by atoms with Gasteiger partial charge in [0.25, 0.3) is 0 Å². The summed E-state index contributed by atoms with van der Waals surface area (Å²) in [6, 6.07) is 14.2. The van der Waals surface area contributed by atoms with Gasteiger partial charge >= 0.3 is 0 Å². The van der Waals surface area contributed by atoms with Crippen LogP contribution in [-0.2, 0) is 14.8 Å². The van der Waals surface area contributed by atoms with E-state index in [0.717, 1.165) is 11.1 Å². The fourth-order valence-electron chi connectivity index (χ4n) is 3.42. The highest BCUT2D eigenvalue weighted by Crippen LogP contribution is 2.19. The van der Waals surface area contributed by atoms with E-state index in [2.05, 4.69) is 4.98 Å². The highest BCUT2D eigenvalue weighted by Gasteiger charge is 2.27. The topological polar surface area (TPSA) is 83.7 Å². The molecule has 3 aromatic rings. The lowest BCUT2D eigenvalue weighted by atomic mass is 10.2. The number of hydrogen-bond donors (Lipinski definition) is 0. The van der Waals surface area contributed by atoms with Gasteiger partial charge in [-0.3, -0.25) is 4.79 Å². The predicted molar refractivity (Wildman–Crippen MR) is 114 cm³/mol. The lowest BCUT2D eigenvalue weighted by molar-refractivity contribution is -0.125. The van der Waals surface area contributed by atoms with Gasteiger partial charge in [-0.15, -0.1) is 0 Å². The van der Waals surface area contributed by atoms with E-state index in [0.29, 0.717) is 37.5 Å². The van der Waals surface area contributed by atoms with Crippen LogP contribution in [-0.4, -0.2) is 54.7 Å². The van der Waals surface area contributed by atoms with E-state index in [4.69, 9.17) is 4.42 Å². The van der Waals surface area contributed by atoms with Crippen LogP contribution in [0.1, 0.15) is 17.9 Å². The zero-order valence-electron chi connectivity index (χ0n) is 16.7. The highest BCUT2D eigenvalue weighted by molar-refractivity contribution is 7.89. The van der Waals surface area contributed by atoms with Crippen molar-refractivity contribution >= 4 is 33.1 Å². The van der Waals surface area contributed by atoms with Crippen LogP contribution >= 0.6 is 0 Å². The third-order valence-corrected chi connectivity index (χ3v) is 7.02. The third-order valence-electron chi connectivity index (χ3n) is 5.10. The van der Waals surface area contributed by atoms with Crippen LogP contribution in [0.15, 0.2) is 63.9 Å². The number of fused-ring (bicyclic) bond motifs is 1. The van der Waals surface area contributed by atoms with Crippen LogP contribution in [0.3, 0.4) is 0 Å². The standard InChI is InChI=1S/C22H23N3O4S/c1-17-7-9-18(10-8-17)30(27,28)25-14-4-13-24(15-16-25)22(26)12-11-21-23-19-5-2-3-6-20(19)29-21/h2-3,5-12H,4,13-16H2,1H3/b12-11+. The Morgan fingerprint density at radius 3 is 2.57 bits per heavy atom. The molecule has 1 fully saturated rings. The number of carbonyl (C=O) groups excluding carboxylic acids is 1. The van der Waals surface area contributed by atoms with Gasteiger partial charge in [0.2, 0.25) is 21.8 Å². The lowest BCUT2D eigenvalue weighted by Crippen LogP contribution is -2.36. The molecule has 0 aliphatic carbocycles. The zero-order chi connectivity index (χ0) is 21.1. The Kier molecular flexibility index (Phi) is 5.69. The Bertz CT molecular complexity index is 1150. The summed E-state index contributed by atoms with van der Waals surface area (Å²) in [5.74, 6) is 0.176. The molecule has 30 heavy (non-hydrogen) atoms. The summed E-state index contributed by atoms with van der Waals surface area (Å²) in [5.41, 5.74) is 2.40. The normalized spacial score (nSPS) is 16.2. The average Bonchev–Trinajstić information content (AvgIpc) is 2.98. The maximum absolute atomic E-state index is 12.9. The van der Waals surface area contributed by atoms with Gasteiger partial charge in [0, 0.05) is 38.3 Å². The summed E-state index contributed by atoms with van der Waals surface area (Å²) in [6.07, 6.45) is 3.55. The molecule has 0 spiro atoms. The van der Waals surface area contributed by atoms with Crippen LogP contribution in [0.2, 0.25) is 0 Å². The van der Waals surface area contributed by atoms with Crippen LogP contribution < -0.4 is 0 Å². The first-order chi connectivity index (χ1) is 14.4. The van der Waals surface area contributed by atoms with Gasteiger partial charge in [0.05, 0.1) is 4.90 Å². The molecule has 0 atom stereocenters. The van der Waals surface area contributed by atoms with Crippen molar-refractivity contribution in [3.63, 3.8) is 0 Å². The molecule has 4 rings (SSSR count). The quantitative estimate of drug-likeness (QED) is 0.600. The Hall–Kier alpha value is -2.97. The Morgan fingerprint density at radius 1 is 1.03 bits per heavy atom. The Labute approximate surface area is 175 Å². The Balaban J connectivity index is 1.42. The maximum atomic E-state index is 12.9. The zero-order valence-corrected chi connectivity index (χ0v) is 17.5. The van der Waals surface area contributed by atoms with Crippen molar-refractivity contribution in [3.8, 4) is 0 Å². The molecule has 1 amide bonds. The first-order valence-corrected chi connectivity index (χ1v) is 11.3. The summed E-state index contributed by atoms with van der Waals surface area (Å²) >= 11 is 0. The fourth-order valence-corrected chi connectivity index (χ4v) is 4.89. The smallest absolute Gasteiger partial charge is 0.246 e. The molecule has 1 aromatic heterocycles. The monoisotopic (exact) mass is 425 g/mol. The molecule has 0 bridgehead atoms. The number of aryl methyl sites for hydroxylation is 1. The van der Waals surface area contributed by atoms with Crippen molar-refractivity contribution in [3.05, 3.63) is 66.1 Å². The second-order valence-electron chi connectivity index (χ2n) is 7.25. The van der Waals surface area contributed by atoms with E-state index >= 15 is 0 Å². The van der Waals surface area contributed by atoms with E-state index in [1.54, 1.807) is 35.2 Å². The molecule has 7 nitrogen and oxygen atoms in total. The summed E-state index contributed by atoms with van der Waals surface area (Å²) in [7, 11) is -3.57. The van der Waals surface area contributed by atoms with Gasteiger partial charge in [-0.2, -0.15) is 4.31 Å². The van der Waals surface area contributed by atoms with Crippen molar-refractivity contribution in [2.75, 3.05) is 26.2 Å². The minimum atomic E-state index is -3.57. The largest absolute Gasteiger partial charge is 0.437 e. The minimum Gasteiger partial charge on any atom is -0.437 e. The molecule has 1 aliphatic rings. The van der Waals surface area contributed by atoms with Gasteiger partial charge in [-0.1, -0.05) is 29.8 Å². The number of benzene rings is 2. The fraction of sp³-hybridized carbons (Fsp3) is 0.273. The molecular weight excluding hydrogens is 402 g/mol. The first kappa shape index (κ1) is 20.3. The number of para-hydroxylation sites is 2. The molecule has 1 aliphatic heterocycles. The van der Waals surface area contributed by atoms with E-state index in [1.807, 2.05) is 31.2 Å². The number of carbonyl (C=O) groups is 1. The molecule has 0 unspecified atom stereocenters. The lowest BCUT2D eigenvalue weighted by Gasteiger charge is -2.21. The van der Waals surface area contributed by atoms with Crippen molar-refractivity contribution < 1.29 is 17.6 Å². The van der Waals surface area contributed by atoms with Crippen molar-refractivity contribution in [2.45, 2.75) is 18.2 Å². The molecule has 1 saturated heterocycles. The van der Waals surface area contributed by atoms with E-state index in [9.17, 15) is 13.2 Å². The summed E-state index contributed by atoms with van der Waals surface area (Å²) in [4.78, 5) is 18.9. The number of sulfonamides is 1. The van der Waals surface area contributed by atoms with Crippen LogP contribution in [0.5, 0.6) is 0 Å². The molecule has 2 heterocycles. The number of aromatic nitrogens is 1. The summed E-state index contributed by atoms with van der Waals surface area (Å²) in [5, 5.41) is 0. The van der Waals surface area contributed by atoms with E-state index in [1.165, 1.54) is 10.4 Å². The average molecular weight is 426 g/mol. The van der Waals surface area contributed by atoms with Gasteiger partial charge in [-0.25, -0.2) is 13.4 Å². The number of hydrogen-bond acceptors (Lipinski definition) is 5. The van der Waals surface area contributed by atoms with E-state index in [-0.39, 0.29) is 17.3 Å². The van der Waals surface area contributed by atoms with Crippen LogP contribution in [0.4, 0.5) is 0 Å². The molecule has 0 radical (unpaired) electrons. The molecule has 0 N–H and O–H groups in total. The molecule has 2 aromatic carbocycles. The van der Waals surface area contributed by atoms with Gasteiger partial charge in [0.15, 0.2) is 5.58 Å². The first-order valence-electron chi connectivity index (χ1n) is 9.83. The van der Waals surface area contributed by atoms with Crippen LogP contribution in [0, 0.1) is 6.92 Å². The van der Waals surface area contributed by atoms with Gasteiger partial charge < -0.3 is 9.32 Å². The van der Waals surface area contributed by atoms with Gasteiger partial charge in [0.1, 0.15) is 5.52 Å². The summed E-state index contributed by atoms with van der Waals surface area (Å²) < 4.78 is 32.9. The van der Waals surface area contributed by atoms with Crippen molar-refractivity contribution in [1.29, 1.82) is 0 Å². The van der Waals surface area contributed by atoms with E-state index < -0.39 is 10.0 Å².